The lowest BCUT2D eigenvalue weighted by molar-refractivity contribution is -0.0594. The first-order chi connectivity index (χ1) is 13.2. The molecule has 0 atom stereocenters. The lowest BCUT2D eigenvalue weighted by Crippen LogP contribution is -2.49. The molecule has 2 aliphatic heterocycles. The summed E-state index contributed by atoms with van der Waals surface area (Å²) >= 11 is 0. The van der Waals surface area contributed by atoms with Crippen molar-refractivity contribution in [1.82, 2.24) is 4.90 Å². The third-order valence-electron chi connectivity index (χ3n) is 5.49. The van der Waals surface area contributed by atoms with E-state index in [0.717, 1.165) is 68.5 Å². The largest absolute Gasteiger partial charge is 0.493 e. The molecule has 5 heteroatoms. The number of para-hydroxylation sites is 2. The van der Waals surface area contributed by atoms with Crippen LogP contribution in [0.1, 0.15) is 24.0 Å². The number of hydrogen-bond acceptors (Lipinski definition) is 5. The van der Waals surface area contributed by atoms with E-state index in [1.807, 2.05) is 18.2 Å². The van der Waals surface area contributed by atoms with E-state index in [1.165, 1.54) is 5.56 Å². The summed E-state index contributed by atoms with van der Waals surface area (Å²) in [6.45, 7) is 3.99. The molecule has 1 saturated heterocycles. The fourth-order valence-electron chi connectivity index (χ4n) is 4.14. The Hall–Kier alpha value is -2.24. The second-order valence-electron chi connectivity index (χ2n) is 7.30. The molecule has 0 saturated carbocycles. The van der Waals surface area contributed by atoms with Crippen molar-refractivity contribution in [3.63, 3.8) is 0 Å². The van der Waals surface area contributed by atoms with Gasteiger partial charge in [-0.2, -0.15) is 0 Å². The summed E-state index contributed by atoms with van der Waals surface area (Å²) in [5.74, 6) is 2.57. The minimum atomic E-state index is -0.197. The Kier molecular flexibility index (Phi) is 5.23. The lowest BCUT2D eigenvalue weighted by atomic mass is 9.93. The Balaban J connectivity index is 1.66. The van der Waals surface area contributed by atoms with Crippen LogP contribution in [0.2, 0.25) is 0 Å². The predicted molar refractivity (Wildman–Crippen MR) is 104 cm³/mol. The Morgan fingerprint density at radius 3 is 2.59 bits per heavy atom. The van der Waals surface area contributed by atoms with Gasteiger partial charge in [0, 0.05) is 43.6 Å². The summed E-state index contributed by atoms with van der Waals surface area (Å²) in [6, 6.07) is 14.4. The summed E-state index contributed by atoms with van der Waals surface area (Å²) in [5, 5.41) is 0. The molecular formula is C22H27NO4. The molecule has 0 aliphatic carbocycles. The maximum absolute atomic E-state index is 6.58. The molecule has 0 unspecified atom stereocenters. The van der Waals surface area contributed by atoms with Crippen LogP contribution in [0.3, 0.4) is 0 Å². The Bertz CT molecular complexity index is 786. The first kappa shape index (κ1) is 18.1. The maximum Gasteiger partial charge on any atom is 0.165 e. The van der Waals surface area contributed by atoms with Gasteiger partial charge in [0.25, 0.3) is 0 Å². The quantitative estimate of drug-likeness (QED) is 0.823. The minimum absolute atomic E-state index is 0.197. The zero-order chi connectivity index (χ0) is 18.7. The molecule has 1 spiro atoms. The van der Waals surface area contributed by atoms with Gasteiger partial charge < -0.3 is 18.9 Å². The SMILES string of the molecule is COc1cccc(CN2Cc3ccccc3OC3(CCOCC3)C2)c1OC. The monoisotopic (exact) mass is 369 g/mol. The summed E-state index contributed by atoms with van der Waals surface area (Å²) < 4.78 is 23.3. The van der Waals surface area contributed by atoms with Gasteiger partial charge in [0.05, 0.1) is 27.4 Å². The van der Waals surface area contributed by atoms with Crippen molar-refractivity contribution in [3.8, 4) is 17.2 Å². The van der Waals surface area contributed by atoms with Gasteiger partial charge in [0.2, 0.25) is 0 Å². The highest BCUT2D eigenvalue weighted by atomic mass is 16.5. The summed E-state index contributed by atoms with van der Waals surface area (Å²) in [5.41, 5.74) is 2.15. The standard InChI is InChI=1S/C22H27NO4/c1-24-20-9-5-7-18(21(20)25-2)15-23-14-17-6-3-4-8-19(17)27-22(16-23)10-12-26-13-11-22/h3-9H,10-16H2,1-2H3. The van der Waals surface area contributed by atoms with Crippen molar-refractivity contribution in [1.29, 1.82) is 0 Å². The maximum atomic E-state index is 6.58. The molecule has 5 nitrogen and oxygen atoms in total. The van der Waals surface area contributed by atoms with Gasteiger partial charge in [-0.05, 0) is 12.1 Å². The van der Waals surface area contributed by atoms with Gasteiger partial charge in [-0.25, -0.2) is 0 Å². The molecule has 0 N–H and O–H groups in total. The van der Waals surface area contributed by atoms with Crippen LogP contribution >= 0.6 is 0 Å². The van der Waals surface area contributed by atoms with Crippen molar-refractivity contribution >= 4 is 0 Å². The number of fused-ring (bicyclic) bond motifs is 1. The molecular weight excluding hydrogens is 342 g/mol. The third-order valence-corrected chi connectivity index (χ3v) is 5.49. The predicted octanol–water partition coefficient (Wildman–Crippen LogP) is 3.65. The fourth-order valence-corrected chi connectivity index (χ4v) is 4.14. The smallest absolute Gasteiger partial charge is 0.165 e. The van der Waals surface area contributed by atoms with Gasteiger partial charge in [0.1, 0.15) is 11.4 Å². The Labute approximate surface area is 160 Å². The van der Waals surface area contributed by atoms with Crippen LogP contribution in [0, 0.1) is 0 Å². The number of ether oxygens (including phenoxy) is 4. The van der Waals surface area contributed by atoms with E-state index in [2.05, 4.69) is 29.2 Å². The van der Waals surface area contributed by atoms with Gasteiger partial charge in [-0.1, -0.05) is 30.3 Å². The van der Waals surface area contributed by atoms with Gasteiger partial charge in [-0.15, -0.1) is 0 Å². The van der Waals surface area contributed by atoms with Crippen molar-refractivity contribution in [2.45, 2.75) is 31.5 Å². The number of nitrogens with zero attached hydrogens (tertiary/aromatic N) is 1. The highest BCUT2D eigenvalue weighted by Gasteiger charge is 2.39. The van der Waals surface area contributed by atoms with Crippen LogP contribution in [0.15, 0.2) is 42.5 Å². The van der Waals surface area contributed by atoms with Crippen LogP contribution in [0.5, 0.6) is 17.2 Å². The van der Waals surface area contributed by atoms with E-state index in [4.69, 9.17) is 18.9 Å². The molecule has 0 radical (unpaired) electrons. The second-order valence-corrected chi connectivity index (χ2v) is 7.30. The zero-order valence-corrected chi connectivity index (χ0v) is 16.1. The molecule has 0 amide bonds. The van der Waals surface area contributed by atoms with E-state index in [0.29, 0.717) is 0 Å². The minimum Gasteiger partial charge on any atom is -0.493 e. The lowest BCUT2D eigenvalue weighted by Gasteiger charge is -2.39. The highest BCUT2D eigenvalue weighted by Crippen LogP contribution is 2.37. The van der Waals surface area contributed by atoms with Gasteiger partial charge in [0.15, 0.2) is 11.5 Å². The fraction of sp³-hybridized carbons (Fsp3) is 0.455. The van der Waals surface area contributed by atoms with Crippen LogP contribution < -0.4 is 14.2 Å². The van der Waals surface area contributed by atoms with Crippen LogP contribution in [-0.2, 0) is 17.8 Å². The molecule has 2 heterocycles. The number of benzene rings is 2. The van der Waals surface area contributed by atoms with Crippen LogP contribution in [0.4, 0.5) is 0 Å². The van der Waals surface area contributed by atoms with Crippen molar-refractivity contribution in [2.24, 2.45) is 0 Å². The van der Waals surface area contributed by atoms with E-state index >= 15 is 0 Å². The topological polar surface area (TPSA) is 40.2 Å². The Morgan fingerprint density at radius 1 is 1.00 bits per heavy atom. The summed E-state index contributed by atoms with van der Waals surface area (Å²) in [6.07, 6.45) is 1.82. The molecule has 2 aliphatic rings. The first-order valence-corrected chi connectivity index (χ1v) is 9.50. The Morgan fingerprint density at radius 2 is 1.81 bits per heavy atom. The average molecular weight is 369 g/mol. The molecule has 27 heavy (non-hydrogen) atoms. The molecule has 2 aromatic carbocycles. The first-order valence-electron chi connectivity index (χ1n) is 9.50. The molecule has 4 rings (SSSR count). The third kappa shape index (κ3) is 3.75. The van der Waals surface area contributed by atoms with Crippen LogP contribution in [0.25, 0.3) is 0 Å². The van der Waals surface area contributed by atoms with E-state index in [-0.39, 0.29) is 5.60 Å². The molecule has 0 aromatic heterocycles. The van der Waals surface area contributed by atoms with E-state index in [1.54, 1.807) is 14.2 Å². The van der Waals surface area contributed by atoms with Crippen molar-refractivity contribution < 1.29 is 18.9 Å². The van der Waals surface area contributed by atoms with E-state index in [9.17, 15) is 0 Å². The molecule has 2 aromatic rings. The number of hydrogen-bond donors (Lipinski definition) is 0. The van der Waals surface area contributed by atoms with E-state index < -0.39 is 0 Å². The highest BCUT2D eigenvalue weighted by molar-refractivity contribution is 5.46. The summed E-state index contributed by atoms with van der Waals surface area (Å²) in [4.78, 5) is 2.45. The van der Waals surface area contributed by atoms with Crippen molar-refractivity contribution in [2.75, 3.05) is 34.0 Å². The average Bonchev–Trinajstić information content (AvgIpc) is 2.84. The van der Waals surface area contributed by atoms with Crippen LogP contribution in [-0.4, -0.2) is 44.5 Å². The van der Waals surface area contributed by atoms with Gasteiger partial charge >= 0.3 is 0 Å². The molecule has 0 bridgehead atoms. The van der Waals surface area contributed by atoms with Crippen molar-refractivity contribution in [3.05, 3.63) is 53.6 Å². The normalized spacial score (nSPS) is 19.0. The number of rotatable bonds is 4. The van der Waals surface area contributed by atoms with Gasteiger partial charge in [-0.3, -0.25) is 4.90 Å². The zero-order valence-electron chi connectivity index (χ0n) is 16.1. The molecule has 1 fully saturated rings. The second kappa shape index (κ2) is 7.79. The summed E-state index contributed by atoms with van der Waals surface area (Å²) in [7, 11) is 3.37. The number of methoxy groups -OCH3 is 2. The molecule has 144 valence electrons.